The molecule has 1 N–H and O–H groups in total. The predicted molar refractivity (Wildman–Crippen MR) is 114 cm³/mol. The van der Waals surface area contributed by atoms with E-state index >= 15 is 0 Å². The molecule has 0 bridgehead atoms. The minimum absolute atomic E-state index is 0.0579. The largest absolute Gasteiger partial charge is 0.352 e. The molecular weight excluding hydrogens is 364 g/mol. The van der Waals surface area contributed by atoms with E-state index in [9.17, 15) is 4.79 Å². The number of piperazine rings is 1. The van der Waals surface area contributed by atoms with Gasteiger partial charge in [-0.25, -0.2) is 4.79 Å². The summed E-state index contributed by atoms with van der Waals surface area (Å²) >= 11 is 0. The maximum Gasteiger partial charge on any atom is 0.321 e. The number of nitrogens with zero attached hydrogens (tertiary/aromatic N) is 5. The van der Waals surface area contributed by atoms with Gasteiger partial charge in [0.25, 0.3) is 0 Å². The van der Waals surface area contributed by atoms with Crippen molar-refractivity contribution in [1.82, 2.24) is 20.1 Å². The summed E-state index contributed by atoms with van der Waals surface area (Å²) in [6, 6.07) is 13.7. The number of urea groups is 1. The van der Waals surface area contributed by atoms with Crippen LogP contribution in [-0.4, -0.2) is 52.3 Å². The number of rotatable bonds is 3. The second kappa shape index (κ2) is 8.26. The fourth-order valence-corrected chi connectivity index (χ4v) is 3.39. The number of anilines is 2. The summed E-state index contributed by atoms with van der Waals surface area (Å²) < 4.78 is 0. The number of aromatic nitrogens is 3. The molecule has 1 aromatic carbocycles. The number of pyridine rings is 1. The van der Waals surface area contributed by atoms with Crippen molar-refractivity contribution in [3.63, 3.8) is 0 Å². The minimum atomic E-state index is -0.0579. The van der Waals surface area contributed by atoms with Gasteiger partial charge < -0.3 is 15.1 Å². The highest BCUT2D eigenvalue weighted by Crippen LogP contribution is 2.20. The molecule has 0 atom stereocenters. The maximum atomic E-state index is 12.6. The molecule has 1 saturated heterocycles. The SMILES string of the molecule is Cc1cccc(NC(=O)N2CCN(c3ccc(-c4ccncc4)nn3)CC2)c1C. The highest BCUT2D eigenvalue weighted by Gasteiger charge is 2.22. The van der Waals surface area contributed by atoms with Crippen molar-refractivity contribution >= 4 is 17.5 Å². The van der Waals surface area contributed by atoms with E-state index in [1.807, 2.05) is 61.2 Å². The summed E-state index contributed by atoms with van der Waals surface area (Å²) in [5.41, 5.74) is 4.95. The Labute approximate surface area is 170 Å². The van der Waals surface area contributed by atoms with E-state index in [1.54, 1.807) is 12.4 Å². The summed E-state index contributed by atoms with van der Waals surface area (Å²) in [7, 11) is 0. The second-order valence-corrected chi connectivity index (χ2v) is 7.16. The predicted octanol–water partition coefficient (Wildman–Crippen LogP) is 3.51. The zero-order valence-electron chi connectivity index (χ0n) is 16.7. The van der Waals surface area contributed by atoms with Crippen molar-refractivity contribution in [3.8, 4) is 11.3 Å². The van der Waals surface area contributed by atoms with Gasteiger partial charge >= 0.3 is 6.03 Å². The van der Waals surface area contributed by atoms with Crippen molar-refractivity contribution < 1.29 is 4.79 Å². The van der Waals surface area contributed by atoms with E-state index in [1.165, 1.54) is 5.56 Å². The number of aryl methyl sites for hydroxylation is 1. The van der Waals surface area contributed by atoms with E-state index < -0.39 is 0 Å². The van der Waals surface area contributed by atoms with Crippen LogP contribution in [0.5, 0.6) is 0 Å². The van der Waals surface area contributed by atoms with E-state index in [4.69, 9.17) is 0 Å². The Bertz CT molecular complexity index is 982. The first-order valence-corrected chi connectivity index (χ1v) is 9.73. The molecular formula is C22H24N6O. The zero-order valence-corrected chi connectivity index (χ0v) is 16.7. The molecule has 0 aliphatic carbocycles. The van der Waals surface area contributed by atoms with Crippen LogP contribution < -0.4 is 10.2 Å². The number of nitrogens with one attached hydrogen (secondary N) is 1. The summed E-state index contributed by atoms with van der Waals surface area (Å²) in [4.78, 5) is 20.7. The smallest absolute Gasteiger partial charge is 0.321 e. The van der Waals surface area contributed by atoms with Crippen molar-refractivity contribution in [3.05, 3.63) is 66.0 Å². The van der Waals surface area contributed by atoms with Crippen LogP contribution in [0.3, 0.4) is 0 Å². The summed E-state index contributed by atoms with van der Waals surface area (Å²) in [6.45, 7) is 6.81. The van der Waals surface area contributed by atoms with E-state index in [-0.39, 0.29) is 6.03 Å². The number of amides is 2. The third kappa shape index (κ3) is 4.18. The number of carbonyl (C=O) groups excluding carboxylic acids is 1. The fraction of sp³-hybridized carbons (Fsp3) is 0.273. The molecule has 148 valence electrons. The van der Waals surface area contributed by atoms with Crippen LogP contribution in [0, 0.1) is 13.8 Å². The Kier molecular flexibility index (Phi) is 5.37. The molecule has 0 spiro atoms. The lowest BCUT2D eigenvalue weighted by Gasteiger charge is -2.35. The summed E-state index contributed by atoms with van der Waals surface area (Å²) in [5, 5.41) is 11.8. The molecule has 1 aliphatic rings. The van der Waals surface area contributed by atoms with Crippen LogP contribution in [0.25, 0.3) is 11.3 Å². The normalized spacial score (nSPS) is 14.0. The quantitative estimate of drug-likeness (QED) is 0.743. The minimum Gasteiger partial charge on any atom is -0.352 e. The van der Waals surface area contributed by atoms with Crippen LogP contribution in [-0.2, 0) is 0 Å². The van der Waals surface area contributed by atoms with Gasteiger partial charge in [-0.15, -0.1) is 10.2 Å². The Hall–Kier alpha value is -3.48. The molecule has 2 aromatic heterocycles. The maximum absolute atomic E-state index is 12.6. The lowest BCUT2D eigenvalue weighted by Crippen LogP contribution is -2.50. The lowest BCUT2D eigenvalue weighted by atomic mass is 10.1. The highest BCUT2D eigenvalue weighted by molar-refractivity contribution is 5.90. The van der Waals surface area contributed by atoms with E-state index in [0.29, 0.717) is 13.1 Å². The second-order valence-electron chi connectivity index (χ2n) is 7.16. The van der Waals surface area contributed by atoms with Gasteiger partial charge in [0.2, 0.25) is 0 Å². The molecule has 0 radical (unpaired) electrons. The van der Waals surface area contributed by atoms with Gasteiger partial charge in [0.05, 0.1) is 5.69 Å². The van der Waals surface area contributed by atoms with E-state index in [2.05, 4.69) is 25.4 Å². The third-order valence-electron chi connectivity index (χ3n) is 5.36. The molecule has 29 heavy (non-hydrogen) atoms. The molecule has 1 aliphatic heterocycles. The first-order chi connectivity index (χ1) is 14.1. The standard InChI is InChI=1S/C22H24N6O/c1-16-4-3-5-19(17(16)2)24-22(29)28-14-12-27(13-15-28)21-7-6-20(25-26-21)18-8-10-23-11-9-18/h3-11H,12-15H2,1-2H3,(H,24,29). The van der Waals surface area contributed by atoms with Gasteiger partial charge in [0.15, 0.2) is 5.82 Å². The van der Waals surface area contributed by atoms with Gasteiger partial charge in [-0.05, 0) is 55.3 Å². The number of hydrogen-bond donors (Lipinski definition) is 1. The molecule has 3 heterocycles. The zero-order chi connectivity index (χ0) is 20.2. The van der Waals surface area contributed by atoms with Crippen LogP contribution >= 0.6 is 0 Å². The Morgan fingerprint density at radius 3 is 2.38 bits per heavy atom. The summed E-state index contributed by atoms with van der Waals surface area (Å²) in [5.74, 6) is 0.831. The number of benzene rings is 1. The van der Waals surface area contributed by atoms with Gasteiger partial charge in [0.1, 0.15) is 0 Å². The number of carbonyl (C=O) groups is 1. The van der Waals surface area contributed by atoms with Crippen molar-refractivity contribution in [2.24, 2.45) is 0 Å². The molecule has 7 nitrogen and oxygen atoms in total. The fourth-order valence-electron chi connectivity index (χ4n) is 3.39. The first kappa shape index (κ1) is 18.9. The Balaban J connectivity index is 1.35. The monoisotopic (exact) mass is 388 g/mol. The van der Waals surface area contributed by atoms with Crippen LogP contribution in [0.15, 0.2) is 54.9 Å². The number of hydrogen-bond acceptors (Lipinski definition) is 5. The molecule has 1 fully saturated rings. The average molecular weight is 388 g/mol. The van der Waals surface area contributed by atoms with Crippen molar-refractivity contribution in [2.75, 3.05) is 36.4 Å². The van der Waals surface area contributed by atoms with Gasteiger partial charge in [-0.2, -0.15) is 0 Å². The van der Waals surface area contributed by atoms with Gasteiger partial charge in [-0.1, -0.05) is 12.1 Å². The Morgan fingerprint density at radius 1 is 0.931 bits per heavy atom. The van der Waals surface area contributed by atoms with Crippen molar-refractivity contribution in [1.29, 1.82) is 0 Å². The molecule has 2 amide bonds. The topological polar surface area (TPSA) is 74.2 Å². The molecule has 0 saturated carbocycles. The molecule has 0 unspecified atom stereocenters. The van der Waals surface area contributed by atoms with Crippen LogP contribution in [0.1, 0.15) is 11.1 Å². The lowest BCUT2D eigenvalue weighted by molar-refractivity contribution is 0.208. The van der Waals surface area contributed by atoms with E-state index in [0.717, 1.165) is 41.4 Å². The third-order valence-corrected chi connectivity index (χ3v) is 5.36. The average Bonchev–Trinajstić information content (AvgIpc) is 2.78. The molecule has 4 rings (SSSR count). The highest BCUT2D eigenvalue weighted by atomic mass is 16.2. The van der Waals surface area contributed by atoms with Crippen molar-refractivity contribution in [2.45, 2.75) is 13.8 Å². The molecule has 7 heteroatoms. The van der Waals surface area contributed by atoms with Gasteiger partial charge in [0, 0.05) is 49.8 Å². The Morgan fingerprint density at radius 2 is 1.69 bits per heavy atom. The van der Waals surface area contributed by atoms with Crippen LogP contribution in [0.4, 0.5) is 16.3 Å². The molecule has 3 aromatic rings. The summed E-state index contributed by atoms with van der Waals surface area (Å²) in [6.07, 6.45) is 3.49. The first-order valence-electron chi connectivity index (χ1n) is 9.73. The van der Waals surface area contributed by atoms with Crippen LogP contribution in [0.2, 0.25) is 0 Å². The van der Waals surface area contributed by atoms with Gasteiger partial charge in [-0.3, -0.25) is 4.98 Å².